The lowest BCUT2D eigenvalue weighted by atomic mass is 9.96. The van der Waals surface area contributed by atoms with E-state index in [1.165, 1.54) is 30.0 Å². The number of nitrogens with zero attached hydrogens (tertiary/aromatic N) is 3. The number of amides is 1. The summed E-state index contributed by atoms with van der Waals surface area (Å²) in [6.07, 6.45) is 0.0747. The fraction of sp³-hybridized carbons (Fsp3) is 0.130. The minimum atomic E-state index is -0.514. The second-order valence-electron chi connectivity index (χ2n) is 6.64. The number of hydrogen-bond acceptors (Lipinski definition) is 6. The van der Waals surface area contributed by atoms with E-state index in [0.29, 0.717) is 21.9 Å². The summed E-state index contributed by atoms with van der Waals surface area (Å²) in [4.78, 5) is 16.4. The van der Waals surface area contributed by atoms with Crippen LogP contribution in [0.25, 0.3) is 11.1 Å². The highest BCUT2D eigenvalue weighted by Crippen LogP contribution is 2.35. The van der Waals surface area contributed by atoms with Crippen molar-refractivity contribution in [3.8, 4) is 23.3 Å². The van der Waals surface area contributed by atoms with Crippen LogP contribution < -0.4 is 11.1 Å². The quantitative estimate of drug-likeness (QED) is 0.549. The first-order valence-corrected chi connectivity index (χ1v) is 10.3. The lowest BCUT2D eigenvalue weighted by Gasteiger charge is -2.13. The number of pyridine rings is 1. The molecule has 0 saturated heterocycles. The second-order valence-corrected chi connectivity index (χ2v) is 7.73. The van der Waals surface area contributed by atoms with Gasteiger partial charge in [0.15, 0.2) is 0 Å². The van der Waals surface area contributed by atoms with Crippen molar-refractivity contribution < 1.29 is 9.18 Å². The monoisotopic (exact) mass is 431 g/mol. The van der Waals surface area contributed by atoms with Crippen molar-refractivity contribution in [2.24, 2.45) is 0 Å². The van der Waals surface area contributed by atoms with Crippen molar-refractivity contribution in [1.82, 2.24) is 4.98 Å². The predicted molar refractivity (Wildman–Crippen MR) is 119 cm³/mol. The number of nitrogens with two attached hydrogens (primary N) is 1. The molecule has 0 aliphatic rings. The van der Waals surface area contributed by atoms with Gasteiger partial charge >= 0.3 is 0 Å². The summed E-state index contributed by atoms with van der Waals surface area (Å²) in [5.74, 6) is -0.563. The van der Waals surface area contributed by atoms with Gasteiger partial charge in [-0.1, -0.05) is 42.0 Å². The third-order valence-corrected chi connectivity index (χ3v) is 5.45. The Balaban J connectivity index is 1.82. The summed E-state index contributed by atoms with van der Waals surface area (Å²) in [5, 5.41) is 22.2. The molecule has 6 nitrogen and oxygen atoms in total. The molecule has 0 aliphatic heterocycles. The van der Waals surface area contributed by atoms with Crippen LogP contribution in [0.15, 0.2) is 53.6 Å². The van der Waals surface area contributed by atoms with E-state index in [0.717, 1.165) is 5.56 Å². The number of anilines is 2. The molecule has 154 valence electrons. The Bertz CT molecular complexity index is 1210. The van der Waals surface area contributed by atoms with E-state index in [1.54, 1.807) is 6.07 Å². The molecule has 0 atom stereocenters. The first-order valence-electron chi connectivity index (χ1n) is 9.32. The molecular formula is C23H18FN5OS. The van der Waals surface area contributed by atoms with Crippen LogP contribution in [0.1, 0.15) is 23.1 Å². The number of thioether (sulfide) groups is 1. The molecule has 1 aromatic heterocycles. The van der Waals surface area contributed by atoms with Gasteiger partial charge in [-0.3, -0.25) is 4.79 Å². The number of hydrogen-bond donors (Lipinski definition) is 2. The van der Waals surface area contributed by atoms with Crippen molar-refractivity contribution in [3.05, 3.63) is 71.0 Å². The van der Waals surface area contributed by atoms with Gasteiger partial charge in [0.05, 0.1) is 11.3 Å². The number of nitriles is 2. The van der Waals surface area contributed by atoms with E-state index in [4.69, 9.17) is 5.73 Å². The van der Waals surface area contributed by atoms with Crippen LogP contribution in [0, 0.1) is 35.4 Å². The number of aromatic nitrogens is 1. The van der Waals surface area contributed by atoms with Crippen LogP contribution in [0.2, 0.25) is 0 Å². The zero-order chi connectivity index (χ0) is 22.4. The maximum absolute atomic E-state index is 13.7. The van der Waals surface area contributed by atoms with Crippen LogP contribution in [0.3, 0.4) is 0 Å². The average Bonchev–Trinajstić information content (AvgIpc) is 2.75. The summed E-state index contributed by atoms with van der Waals surface area (Å²) in [6, 6.07) is 17.5. The zero-order valence-corrected chi connectivity index (χ0v) is 17.5. The lowest BCUT2D eigenvalue weighted by Crippen LogP contribution is -2.13. The van der Waals surface area contributed by atoms with Crippen molar-refractivity contribution in [1.29, 1.82) is 10.5 Å². The molecule has 0 radical (unpaired) electrons. The Morgan fingerprint density at radius 2 is 1.81 bits per heavy atom. The summed E-state index contributed by atoms with van der Waals surface area (Å²) in [6.45, 7) is 1.94. The molecule has 3 rings (SSSR count). The van der Waals surface area contributed by atoms with Crippen LogP contribution in [-0.4, -0.2) is 16.6 Å². The second kappa shape index (κ2) is 9.75. The van der Waals surface area contributed by atoms with Gasteiger partial charge in [0, 0.05) is 17.7 Å². The van der Waals surface area contributed by atoms with Gasteiger partial charge in [-0.2, -0.15) is 10.5 Å². The SMILES string of the molecule is Cc1ccc(-c2c(C#N)c(N)nc(SCCC(=O)Nc3ccccc3F)c2C#N)cc1. The number of rotatable bonds is 6. The van der Waals surface area contributed by atoms with E-state index >= 15 is 0 Å². The molecule has 0 saturated carbocycles. The number of nitrogens with one attached hydrogen (secondary N) is 1. The van der Waals surface area contributed by atoms with Crippen LogP contribution in [-0.2, 0) is 4.79 Å². The minimum Gasteiger partial charge on any atom is -0.383 e. The molecule has 2 aromatic carbocycles. The summed E-state index contributed by atoms with van der Waals surface area (Å²) in [7, 11) is 0. The standard InChI is InChI=1S/C23H18FN5OS/c1-14-6-8-15(9-7-14)21-16(12-25)22(27)29-23(17(21)13-26)31-11-10-20(30)28-19-5-3-2-4-18(19)24/h2-9H,10-11H2,1H3,(H2,27,29)(H,28,30). The molecule has 31 heavy (non-hydrogen) atoms. The third-order valence-electron chi connectivity index (χ3n) is 4.47. The van der Waals surface area contributed by atoms with Crippen LogP contribution in [0.4, 0.5) is 15.9 Å². The van der Waals surface area contributed by atoms with Crippen LogP contribution >= 0.6 is 11.8 Å². The minimum absolute atomic E-state index is 0.0235. The van der Waals surface area contributed by atoms with E-state index in [1.807, 2.05) is 37.3 Å². The van der Waals surface area contributed by atoms with E-state index in [-0.39, 0.29) is 35.0 Å². The fourth-order valence-electron chi connectivity index (χ4n) is 2.93. The van der Waals surface area contributed by atoms with Crippen molar-refractivity contribution in [2.45, 2.75) is 18.4 Å². The van der Waals surface area contributed by atoms with Gasteiger partial charge in [0.1, 0.15) is 34.4 Å². The number of aryl methyl sites for hydroxylation is 1. The number of carbonyl (C=O) groups excluding carboxylic acids is 1. The van der Waals surface area contributed by atoms with Gasteiger partial charge in [0.25, 0.3) is 0 Å². The highest BCUT2D eigenvalue weighted by atomic mass is 32.2. The number of halogens is 1. The van der Waals surface area contributed by atoms with Gasteiger partial charge in [0.2, 0.25) is 5.91 Å². The molecule has 0 unspecified atom stereocenters. The first kappa shape index (κ1) is 21.8. The molecule has 0 aliphatic carbocycles. The number of carbonyl (C=O) groups is 1. The van der Waals surface area contributed by atoms with Gasteiger partial charge in [-0.25, -0.2) is 9.37 Å². The molecule has 8 heteroatoms. The molecule has 0 fully saturated rings. The number of para-hydroxylation sites is 1. The Kier molecular flexibility index (Phi) is 6.86. The number of benzene rings is 2. The Morgan fingerprint density at radius 1 is 1.13 bits per heavy atom. The largest absolute Gasteiger partial charge is 0.383 e. The van der Waals surface area contributed by atoms with E-state index in [9.17, 15) is 19.7 Å². The normalized spacial score (nSPS) is 10.2. The van der Waals surface area contributed by atoms with Crippen molar-refractivity contribution >= 4 is 29.2 Å². The lowest BCUT2D eigenvalue weighted by molar-refractivity contribution is -0.115. The first-order chi connectivity index (χ1) is 14.9. The fourth-order valence-corrected chi connectivity index (χ4v) is 3.86. The summed E-state index contributed by atoms with van der Waals surface area (Å²) in [5.41, 5.74) is 8.63. The summed E-state index contributed by atoms with van der Waals surface area (Å²) >= 11 is 1.18. The van der Waals surface area contributed by atoms with Gasteiger partial charge < -0.3 is 11.1 Å². The van der Waals surface area contributed by atoms with Crippen molar-refractivity contribution in [3.63, 3.8) is 0 Å². The number of nitrogen functional groups attached to an aromatic ring is 1. The van der Waals surface area contributed by atoms with Crippen LogP contribution in [0.5, 0.6) is 0 Å². The highest BCUT2D eigenvalue weighted by molar-refractivity contribution is 7.99. The molecular weight excluding hydrogens is 413 g/mol. The van der Waals surface area contributed by atoms with Crippen molar-refractivity contribution in [2.75, 3.05) is 16.8 Å². The Labute approximate surface area is 183 Å². The molecule has 1 heterocycles. The average molecular weight is 431 g/mol. The molecule has 3 aromatic rings. The van der Waals surface area contributed by atoms with E-state index < -0.39 is 5.82 Å². The highest BCUT2D eigenvalue weighted by Gasteiger charge is 2.20. The maximum Gasteiger partial charge on any atom is 0.225 e. The molecule has 0 bridgehead atoms. The maximum atomic E-state index is 13.7. The molecule has 0 spiro atoms. The predicted octanol–water partition coefficient (Wildman–Crippen LogP) is 4.64. The van der Waals surface area contributed by atoms with Gasteiger partial charge in [-0.05, 0) is 24.6 Å². The Hall–Kier alpha value is -3.88. The molecule has 1 amide bonds. The van der Waals surface area contributed by atoms with Gasteiger partial charge in [-0.15, -0.1) is 11.8 Å². The zero-order valence-electron chi connectivity index (χ0n) is 16.6. The third kappa shape index (κ3) is 5.00. The smallest absolute Gasteiger partial charge is 0.225 e. The molecule has 3 N–H and O–H groups in total. The topological polar surface area (TPSA) is 116 Å². The summed E-state index contributed by atoms with van der Waals surface area (Å²) < 4.78 is 13.7. The Morgan fingerprint density at radius 3 is 2.45 bits per heavy atom. The van der Waals surface area contributed by atoms with E-state index in [2.05, 4.69) is 16.4 Å².